The van der Waals surface area contributed by atoms with Crippen molar-refractivity contribution in [2.24, 2.45) is 5.73 Å². The normalized spacial score (nSPS) is 10.5. The van der Waals surface area contributed by atoms with E-state index in [9.17, 15) is 4.79 Å². The van der Waals surface area contributed by atoms with Crippen LogP contribution in [0.5, 0.6) is 0 Å². The van der Waals surface area contributed by atoms with Crippen LogP contribution in [-0.4, -0.2) is 6.29 Å². The van der Waals surface area contributed by atoms with E-state index in [0.717, 1.165) is 21.6 Å². The molecule has 0 unspecified atom stereocenters. The molecule has 0 radical (unpaired) electrons. The number of halogens is 2. The monoisotopic (exact) mass is 311 g/mol. The SMILES string of the molecule is NCc1c(Cl)ccc(Cl)c1Sc1ccccc1C=O. The van der Waals surface area contributed by atoms with Gasteiger partial charge in [0.2, 0.25) is 0 Å². The molecule has 0 aliphatic carbocycles. The molecule has 0 aromatic heterocycles. The average molecular weight is 312 g/mol. The summed E-state index contributed by atoms with van der Waals surface area (Å²) in [6.07, 6.45) is 0.822. The maximum atomic E-state index is 11.0. The molecule has 0 bridgehead atoms. The molecule has 0 saturated heterocycles. The topological polar surface area (TPSA) is 43.1 Å². The molecule has 2 nitrogen and oxygen atoms in total. The number of benzene rings is 2. The molecule has 2 rings (SSSR count). The van der Waals surface area contributed by atoms with Crippen molar-refractivity contribution in [1.82, 2.24) is 0 Å². The van der Waals surface area contributed by atoms with Crippen LogP contribution in [0.1, 0.15) is 15.9 Å². The van der Waals surface area contributed by atoms with Crippen molar-refractivity contribution in [3.63, 3.8) is 0 Å². The quantitative estimate of drug-likeness (QED) is 0.850. The van der Waals surface area contributed by atoms with E-state index in [1.165, 1.54) is 11.8 Å². The predicted molar refractivity (Wildman–Crippen MR) is 80.3 cm³/mol. The van der Waals surface area contributed by atoms with Crippen molar-refractivity contribution in [3.8, 4) is 0 Å². The Balaban J connectivity index is 2.49. The molecular weight excluding hydrogens is 301 g/mol. The molecule has 0 fully saturated rings. The lowest BCUT2D eigenvalue weighted by Gasteiger charge is -2.12. The molecule has 0 saturated carbocycles. The third-order valence-electron chi connectivity index (χ3n) is 2.62. The first-order chi connectivity index (χ1) is 9.17. The van der Waals surface area contributed by atoms with Crippen molar-refractivity contribution in [3.05, 3.63) is 57.6 Å². The first kappa shape index (κ1) is 14.4. The molecule has 0 heterocycles. The summed E-state index contributed by atoms with van der Waals surface area (Å²) in [6.45, 7) is 0.297. The Morgan fingerprint density at radius 1 is 1.11 bits per heavy atom. The van der Waals surface area contributed by atoms with Gasteiger partial charge in [0, 0.05) is 26.9 Å². The third-order valence-corrected chi connectivity index (χ3v) is 4.66. The highest BCUT2D eigenvalue weighted by molar-refractivity contribution is 7.99. The molecule has 0 aliphatic rings. The van der Waals surface area contributed by atoms with Crippen LogP contribution in [0.3, 0.4) is 0 Å². The molecule has 19 heavy (non-hydrogen) atoms. The average Bonchev–Trinajstić information content (AvgIpc) is 2.44. The lowest BCUT2D eigenvalue weighted by Crippen LogP contribution is -2.00. The minimum atomic E-state index is 0.297. The van der Waals surface area contributed by atoms with Gasteiger partial charge >= 0.3 is 0 Å². The lowest BCUT2D eigenvalue weighted by atomic mass is 10.2. The number of nitrogens with two attached hydrogens (primary N) is 1. The highest BCUT2D eigenvalue weighted by Gasteiger charge is 2.13. The number of carbonyl (C=O) groups excluding carboxylic acids is 1. The molecule has 0 atom stereocenters. The van der Waals surface area contributed by atoms with Crippen LogP contribution in [0.25, 0.3) is 0 Å². The van der Waals surface area contributed by atoms with E-state index in [-0.39, 0.29) is 0 Å². The van der Waals surface area contributed by atoms with Gasteiger partial charge in [0.15, 0.2) is 6.29 Å². The molecule has 2 N–H and O–H groups in total. The van der Waals surface area contributed by atoms with Gasteiger partial charge in [0.05, 0.1) is 5.02 Å². The molecule has 0 amide bonds. The van der Waals surface area contributed by atoms with Gasteiger partial charge < -0.3 is 5.73 Å². The second-order valence-electron chi connectivity index (χ2n) is 3.80. The van der Waals surface area contributed by atoms with Crippen LogP contribution in [0.4, 0.5) is 0 Å². The minimum Gasteiger partial charge on any atom is -0.326 e. The van der Waals surface area contributed by atoms with Gasteiger partial charge in [0.25, 0.3) is 0 Å². The predicted octanol–water partition coefficient (Wildman–Crippen LogP) is 4.42. The Hall–Kier alpha value is -1.00. The Kier molecular flexibility index (Phi) is 4.88. The fourth-order valence-corrected chi connectivity index (χ4v) is 3.32. The van der Waals surface area contributed by atoms with E-state index in [2.05, 4.69) is 0 Å². The standard InChI is InChI=1S/C14H11Cl2NOS/c15-11-5-6-12(16)14(10(11)7-17)19-13-4-2-1-3-9(13)8-18/h1-6,8H,7,17H2. The number of aldehydes is 1. The van der Waals surface area contributed by atoms with Gasteiger partial charge in [-0.2, -0.15) is 0 Å². The second kappa shape index (κ2) is 6.44. The van der Waals surface area contributed by atoms with Gasteiger partial charge in [-0.25, -0.2) is 0 Å². The van der Waals surface area contributed by atoms with Crippen LogP contribution in [0.15, 0.2) is 46.2 Å². The van der Waals surface area contributed by atoms with E-state index in [0.29, 0.717) is 22.2 Å². The van der Waals surface area contributed by atoms with Gasteiger partial charge in [0.1, 0.15) is 0 Å². The molecule has 5 heteroatoms. The summed E-state index contributed by atoms with van der Waals surface area (Å²) in [5.74, 6) is 0. The second-order valence-corrected chi connectivity index (χ2v) is 5.67. The molecule has 2 aromatic carbocycles. The third kappa shape index (κ3) is 3.12. The largest absolute Gasteiger partial charge is 0.326 e. The summed E-state index contributed by atoms with van der Waals surface area (Å²) in [6, 6.07) is 10.8. The summed E-state index contributed by atoms with van der Waals surface area (Å²) in [5.41, 5.74) is 7.13. The zero-order valence-electron chi connectivity index (χ0n) is 9.90. The van der Waals surface area contributed by atoms with E-state index < -0.39 is 0 Å². The maximum Gasteiger partial charge on any atom is 0.151 e. The maximum absolute atomic E-state index is 11.0. The number of rotatable bonds is 4. The Morgan fingerprint density at radius 3 is 2.47 bits per heavy atom. The van der Waals surface area contributed by atoms with Crippen molar-refractivity contribution < 1.29 is 4.79 Å². The van der Waals surface area contributed by atoms with E-state index in [1.807, 2.05) is 18.2 Å². The fraction of sp³-hybridized carbons (Fsp3) is 0.0714. The van der Waals surface area contributed by atoms with Crippen LogP contribution in [0, 0.1) is 0 Å². The van der Waals surface area contributed by atoms with Gasteiger partial charge in [-0.15, -0.1) is 0 Å². The number of hydrogen-bond acceptors (Lipinski definition) is 3. The van der Waals surface area contributed by atoms with Gasteiger partial charge in [-0.1, -0.05) is 53.2 Å². The summed E-state index contributed by atoms with van der Waals surface area (Å²) in [4.78, 5) is 12.7. The molecular formula is C14H11Cl2NOS. The summed E-state index contributed by atoms with van der Waals surface area (Å²) in [5, 5.41) is 1.16. The summed E-state index contributed by atoms with van der Waals surface area (Å²) in [7, 11) is 0. The first-order valence-corrected chi connectivity index (χ1v) is 7.13. The zero-order valence-corrected chi connectivity index (χ0v) is 12.2. The van der Waals surface area contributed by atoms with Crippen molar-refractivity contribution in [1.29, 1.82) is 0 Å². The Bertz CT molecular complexity index is 616. The van der Waals surface area contributed by atoms with E-state index in [4.69, 9.17) is 28.9 Å². The molecule has 2 aromatic rings. The Labute approximate surface area is 125 Å². The van der Waals surface area contributed by atoms with Crippen LogP contribution in [-0.2, 0) is 6.54 Å². The lowest BCUT2D eigenvalue weighted by molar-refractivity contribution is 0.112. The molecule has 0 spiro atoms. The van der Waals surface area contributed by atoms with E-state index >= 15 is 0 Å². The minimum absolute atomic E-state index is 0.297. The highest BCUT2D eigenvalue weighted by Crippen LogP contribution is 2.39. The highest BCUT2D eigenvalue weighted by atomic mass is 35.5. The van der Waals surface area contributed by atoms with Crippen LogP contribution >= 0.6 is 35.0 Å². The van der Waals surface area contributed by atoms with Crippen molar-refractivity contribution >= 4 is 41.2 Å². The number of hydrogen-bond donors (Lipinski definition) is 1. The summed E-state index contributed by atoms with van der Waals surface area (Å²) >= 11 is 13.7. The molecule has 0 aliphatic heterocycles. The molecule has 98 valence electrons. The van der Waals surface area contributed by atoms with Crippen LogP contribution < -0.4 is 5.73 Å². The van der Waals surface area contributed by atoms with Gasteiger partial charge in [-0.05, 0) is 23.8 Å². The fourth-order valence-electron chi connectivity index (χ4n) is 1.66. The van der Waals surface area contributed by atoms with Crippen molar-refractivity contribution in [2.45, 2.75) is 16.3 Å². The smallest absolute Gasteiger partial charge is 0.151 e. The number of carbonyl (C=O) groups is 1. The van der Waals surface area contributed by atoms with Crippen LogP contribution in [0.2, 0.25) is 10.0 Å². The Morgan fingerprint density at radius 2 is 1.79 bits per heavy atom. The van der Waals surface area contributed by atoms with E-state index in [1.54, 1.807) is 18.2 Å². The van der Waals surface area contributed by atoms with Crippen molar-refractivity contribution in [2.75, 3.05) is 0 Å². The first-order valence-electron chi connectivity index (χ1n) is 5.56. The van der Waals surface area contributed by atoms with Gasteiger partial charge in [-0.3, -0.25) is 4.79 Å². The summed E-state index contributed by atoms with van der Waals surface area (Å²) < 4.78 is 0. The zero-order chi connectivity index (χ0) is 13.8.